The van der Waals surface area contributed by atoms with Crippen LogP contribution in [0, 0.1) is 6.92 Å². The van der Waals surface area contributed by atoms with Crippen LogP contribution in [0.2, 0.25) is 0 Å². The van der Waals surface area contributed by atoms with Crippen LogP contribution in [0.15, 0.2) is 18.2 Å². The van der Waals surface area contributed by atoms with Crippen molar-refractivity contribution in [2.75, 3.05) is 13.2 Å². The smallest absolute Gasteiger partial charge is 0.322 e. The molecule has 0 aliphatic heterocycles. The second kappa shape index (κ2) is 6.41. The molecule has 1 amide bonds. The van der Waals surface area contributed by atoms with E-state index in [9.17, 15) is 9.59 Å². The Balaban J connectivity index is 2.73. The number of hydrogen-bond acceptors (Lipinski definition) is 3. The fourth-order valence-electron chi connectivity index (χ4n) is 1.72. The van der Waals surface area contributed by atoms with Crippen molar-refractivity contribution >= 4 is 11.9 Å². The molecular formula is C15H21NO4. The highest BCUT2D eigenvalue weighted by atomic mass is 16.5. The molecule has 0 atom stereocenters. The lowest BCUT2D eigenvalue weighted by atomic mass is 9.85. The van der Waals surface area contributed by atoms with E-state index >= 15 is 0 Å². The van der Waals surface area contributed by atoms with E-state index < -0.39 is 18.4 Å². The first-order valence-corrected chi connectivity index (χ1v) is 6.42. The summed E-state index contributed by atoms with van der Waals surface area (Å²) in [5.74, 6) is -0.884. The third-order valence-corrected chi connectivity index (χ3v) is 2.74. The molecule has 5 nitrogen and oxygen atoms in total. The molecule has 1 aromatic carbocycles. The molecule has 0 saturated carbocycles. The van der Waals surface area contributed by atoms with Crippen LogP contribution in [0.25, 0.3) is 0 Å². The van der Waals surface area contributed by atoms with E-state index in [-0.39, 0.29) is 12.0 Å². The standard InChI is InChI=1S/C15H21NO4/c1-10-5-6-12(11(7-10)15(2,3)4)20-9-13(17)16-8-14(18)19/h5-7H,8-9H2,1-4H3,(H,16,17)(H,18,19). The second-order valence-electron chi connectivity index (χ2n) is 5.71. The summed E-state index contributed by atoms with van der Waals surface area (Å²) >= 11 is 0. The summed E-state index contributed by atoms with van der Waals surface area (Å²) in [6.45, 7) is 7.61. The minimum absolute atomic E-state index is 0.0983. The van der Waals surface area contributed by atoms with E-state index in [0.717, 1.165) is 11.1 Å². The number of nitrogens with one attached hydrogen (secondary N) is 1. The Morgan fingerprint density at radius 3 is 2.50 bits per heavy atom. The van der Waals surface area contributed by atoms with Gasteiger partial charge in [-0.05, 0) is 24.0 Å². The minimum atomic E-state index is -1.08. The van der Waals surface area contributed by atoms with Gasteiger partial charge in [-0.25, -0.2) is 0 Å². The van der Waals surface area contributed by atoms with E-state index in [1.807, 2.05) is 25.1 Å². The van der Waals surface area contributed by atoms with Gasteiger partial charge in [0.1, 0.15) is 12.3 Å². The molecule has 0 aliphatic carbocycles. The third-order valence-electron chi connectivity index (χ3n) is 2.74. The molecule has 0 heterocycles. The number of rotatable bonds is 5. The Morgan fingerprint density at radius 2 is 1.95 bits per heavy atom. The molecule has 0 saturated heterocycles. The summed E-state index contributed by atoms with van der Waals surface area (Å²) in [4.78, 5) is 21.8. The van der Waals surface area contributed by atoms with Crippen LogP contribution in [-0.4, -0.2) is 30.1 Å². The van der Waals surface area contributed by atoms with Gasteiger partial charge in [0.15, 0.2) is 6.61 Å². The second-order valence-corrected chi connectivity index (χ2v) is 5.71. The molecule has 0 radical (unpaired) electrons. The lowest BCUT2D eigenvalue weighted by molar-refractivity contribution is -0.138. The first kappa shape index (κ1) is 16.0. The van der Waals surface area contributed by atoms with Crippen LogP contribution >= 0.6 is 0 Å². The van der Waals surface area contributed by atoms with Crippen LogP contribution in [-0.2, 0) is 15.0 Å². The Kier molecular flexibility index (Phi) is 5.13. The highest BCUT2D eigenvalue weighted by Gasteiger charge is 2.19. The van der Waals surface area contributed by atoms with Gasteiger partial charge in [-0.1, -0.05) is 38.5 Å². The fraction of sp³-hybridized carbons (Fsp3) is 0.467. The fourth-order valence-corrected chi connectivity index (χ4v) is 1.72. The van der Waals surface area contributed by atoms with E-state index in [1.165, 1.54) is 0 Å². The van der Waals surface area contributed by atoms with Crippen LogP contribution in [0.5, 0.6) is 5.75 Å². The van der Waals surface area contributed by atoms with Gasteiger partial charge >= 0.3 is 5.97 Å². The Morgan fingerprint density at radius 1 is 1.30 bits per heavy atom. The molecule has 0 aromatic heterocycles. The van der Waals surface area contributed by atoms with Gasteiger partial charge in [0.05, 0.1) is 0 Å². The van der Waals surface area contributed by atoms with Gasteiger partial charge in [0, 0.05) is 0 Å². The Bertz CT molecular complexity index is 503. The van der Waals surface area contributed by atoms with Gasteiger partial charge in [0.2, 0.25) is 0 Å². The molecule has 0 spiro atoms. The van der Waals surface area contributed by atoms with Crippen molar-refractivity contribution in [2.45, 2.75) is 33.1 Å². The number of carbonyl (C=O) groups is 2. The van der Waals surface area contributed by atoms with Gasteiger partial charge in [-0.15, -0.1) is 0 Å². The summed E-state index contributed by atoms with van der Waals surface area (Å²) in [5, 5.41) is 10.7. The summed E-state index contributed by atoms with van der Waals surface area (Å²) in [6, 6.07) is 5.78. The molecule has 0 aliphatic rings. The molecular weight excluding hydrogens is 258 g/mol. The average molecular weight is 279 g/mol. The molecule has 110 valence electrons. The molecule has 0 unspecified atom stereocenters. The third kappa shape index (κ3) is 4.91. The molecule has 1 rings (SSSR count). The number of benzene rings is 1. The SMILES string of the molecule is Cc1ccc(OCC(=O)NCC(=O)O)c(C(C)(C)C)c1. The lowest BCUT2D eigenvalue weighted by Crippen LogP contribution is -2.33. The number of carbonyl (C=O) groups excluding carboxylic acids is 1. The lowest BCUT2D eigenvalue weighted by Gasteiger charge is -2.23. The van der Waals surface area contributed by atoms with Crippen molar-refractivity contribution in [1.29, 1.82) is 0 Å². The number of aryl methyl sites for hydroxylation is 1. The van der Waals surface area contributed by atoms with Crippen molar-refractivity contribution in [3.63, 3.8) is 0 Å². The van der Waals surface area contributed by atoms with Crippen molar-refractivity contribution in [3.05, 3.63) is 29.3 Å². The maximum atomic E-state index is 11.4. The van der Waals surface area contributed by atoms with Crippen LogP contribution in [0.4, 0.5) is 0 Å². The maximum absolute atomic E-state index is 11.4. The van der Waals surface area contributed by atoms with Crippen LogP contribution < -0.4 is 10.1 Å². The quantitative estimate of drug-likeness (QED) is 0.862. The Labute approximate surface area is 118 Å². The van der Waals surface area contributed by atoms with Gasteiger partial charge < -0.3 is 15.2 Å². The monoisotopic (exact) mass is 279 g/mol. The average Bonchev–Trinajstić information content (AvgIpc) is 2.33. The van der Waals surface area contributed by atoms with E-state index in [0.29, 0.717) is 5.75 Å². The summed E-state index contributed by atoms with van der Waals surface area (Å²) in [6.07, 6.45) is 0. The predicted octanol–water partition coefficient (Wildman–Crippen LogP) is 1.87. The van der Waals surface area contributed by atoms with Crippen molar-refractivity contribution in [2.24, 2.45) is 0 Å². The number of ether oxygens (including phenoxy) is 1. The summed E-state index contributed by atoms with van der Waals surface area (Å²) < 4.78 is 5.51. The highest BCUT2D eigenvalue weighted by Crippen LogP contribution is 2.32. The summed E-state index contributed by atoms with van der Waals surface area (Å²) in [5.41, 5.74) is 2.04. The number of carboxylic acid groups (broad SMARTS) is 1. The topological polar surface area (TPSA) is 75.6 Å². The van der Waals surface area contributed by atoms with Crippen LogP contribution in [0.3, 0.4) is 0 Å². The molecule has 2 N–H and O–H groups in total. The van der Waals surface area contributed by atoms with Gasteiger partial charge in [-0.3, -0.25) is 9.59 Å². The number of aliphatic carboxylic acids is 1. The largest absolute Gasteiger partial charge is 0.483 e. The number of carboxylic acids is 1. The number of hydrogen-bond donors (Lipinski definition) is 2. The van der Waals surface area contributed by atoms with Crippen molar-refractivity contribution in [3.8, 4) is 5.75 Å². The first-order chi connectivity index (χ1) is 9.20. The Hall–Kier alpha value is -2.04. The molecule has 5 heteroatoms. The summed E-state index contributed by atoms with van der Waals surface area (Å²) in [7, 11) is 0. The van der Waals surface area contributed by atoms with Crippen molar-refractivity contribution in [1.82, 2.24) is 5.32 Å². The molecule has 0 fully saturated rings. The molecule has 1 aromatic rings. The molecule has 20 heavy (non-hydrogen) atoms. The van der Waals surface area contributed by atoms with Gasteiger partial charge in [0.25, 0.3) is 5.91 Å². The van der Waals surface area contributed by atoms with E-state index in [1.54, 1.807) is 0 Å². The van der Waals surface area contributed by atoms with Crippen LogP contribution in [0.1, 0.15) is 31.9 Å². The van der Waals surface area contributed by atoms with E-state index in [4.69, 9.17) is 9.84 Å². The maximum Gasteiger partial charge on any atom is 0.322 e. The molecule has 0 bridgehead atoms. The zero-order valence-corrected chi connectivity index (χ0v) is 12.3. The zero-order chi connectivity index (χ0) is 15.3. The first-order valence-electron chi connectivity index (χ1n) is 6.42. The highest BCUT2D eigenvalue weighted by molar-refractivity contribution is 5.82. The van der Waals surface area contributed by atoms with Crippen molar-refractivity contribution < 1.29 is 19.4 Å². The zero-order valence-electron chi connectivity index (χ0n) is 12.3. The van der Waals surface area contributed by atoms with E-state index in [2.05, 4.69) is 26.1 Å². The number of amides is 1. The normalized spacial score (nSPS) is 11.0. The predicted molar refractivity (Wildman–Crippen MR) is 76.0 cm³/mol. The minimum Gasteiger partial charge on any atom is -0.483 e. The van der Waals surface area contributed by atoms with Gasteiger partial charge in [-0.2, -0.15) is 0 Å².